The van der Waals surface area contributed by atoms with Crippen molar-refractivity contribution >= 4 is 17.3 Å². The molecule has 2 heterocycles. The van der Waals surface area contributed by atoms with Crippen molar-refractivity contribution in [2.24, 2.45) is 0 Å². The third kappa shape index (κ3) is 5.17. The maximum absolute atomic E-state index is 14.5. The Morgan fingerprint density at radius 1 is 1.10 bits per heavy atom. The van der Waals surface area contributed by atoms with Crippen LogP contribution in [0, 0.1) is 5.82 Å². The van der Waals surface area contributed by atoms with Gasteiger partial charge in [0.15, 0.2) is 11.6 Å². The van der Waals surface area contributed by atoms with Crippen LogP contribution in [0.1, 0.15) is 23.2 Å². The Hall–Kier alpha value is -2.64. The van der Waals surface area contributed by atoms with Gasteiger partial charge in [-0.3, -0.25) is 4.79 Å². The van der Waals surface area contributed by atoms with Crippen LogP contribution in [0.2, 0.25) is 0 Å². The number of likely N-dealkylation sites (tertiary alicyclic amines) is 1. The summed E-state index contributed by atoms with van der Waals surface area (Å²) in [7, 11) is 6.24. The zero-order chi connectivity index (χ0) is 22.0. The van der Waals surface area contributed by atoms with E-state index in [-0.39, 0.29) is 23.3 Å². The average Bonchev–Trinajstić information content (AvgIpc) is 3.39. The first-order chi connectivity index (χ1) is 14.9. The summed E-state index contributed by atoms with van der Waals surface area (Å²) in [6.07, 6.45) is 2.01. The highest BCUT2D eigenvalue weighted by Gasteiger charge is 2.24. The summed E-state index contributed by atoms with van der Waals surface area (Å²) in [6.45, 7) is 3.76. The van der Waals surface area contributed by atoms with Crippen LogP contribution in [-0.2, 0) is 0 Å². The van der Waals surface area contributed by atoms with Crippen molar-refractivity contribution in [2.75, 3.05) is 57.5 Å². The second-order valence-corrected chi connectivity index (χ2v) is 8.79. The van der Waals surface area contributed by atoms with E-state index in [1.54, 1.807) is 12.1 Å². The molecule has 7 heteroatoms. The number of carbonyl (C=O) groups is 1. The first kappa shape index (κ1) is 21.6. The third-order valence-corrected chi connectivity index (χ3v) is 6.22. The van der Waals surface area contributed by atoms with Gasteiger partial charge < -0.3 is 24.8 Å². The summed E-state index contributed by atoms with van der Waals surface area (Å²) in [4.78, 5) is 19.3. The van der Waals surface area contributed by atoms with Crippen molar-refractivity contribution in [1.82, 2.24) is 9.80 Å². The Morgan fingerprint density at radius 3 is 2.48 bits per heavy atom. The quantitative estimate of drug-likeness (QED) is 0.768. The van der Waals surface area contributed by atoms with Crippen LogP contribution in [0.3, 0.4) is 0 Å². The van der Waals surface area contributed by atoms with Gasteiger partial charge in [0, 0.05) is 49.2 Å². The number of hydrogen-bond acceptors (Lipinski definition) is 5. The number of nitrogens with one attached hydrogen (secondary N) is 1. The van der Waals surface area contributed by atoms with Gasteiger partial charge in [-0.2, -0.15) is 0 Å². The van der Waals surface area contributed by atoms with Crippen LogP contribution < -0.4 is 15.0 Å². The minimum atomic E-state index is -0.512. The van der Waals surface area contributed by atoms with Crippen molar-refractivity contribution in [3.8, 4) is 5.75 Å². The van der Waals surface area contributed by atoms with Crippen molar-refractivity contribution in [1.29, 1.82) is 0 Å². The highest BCUT2D eigenvalue weighted by atomic mass is 19.1. The van der Waals surface area contributed by atoms with Crippen LogP contribution in [0.25, 0.3) is 0 Å². The molecule has 2 aliphatic heterocycles. The topological polar surface area (TPSA) is 48.1 Å². The number of halogens is 1. The number of anilines is 2. The first-order valence-electron chi connectivity index (χ1n) is 10.9. The van der Waals surface area contributed by atoms with E-state index in [0.717, 1.165) is 44.7 Å². The molecule has 6 nitrogen and oxygen atoms in total. The summed E-state index contributed by atoms with van der Waals surface area (Å²) in [6, 6.07) is 12.8. The van der Waals surface area contributed by atoms with E-state index < -0.39 is 5.82 Å². The summed E-state index contributed by atoms with van der Waals surface area (Å²) in [5, 5.41) is 2.85. The van der Waals surface area contributed by atoms with Crippen LogP contribution in [-0.4, -0.2) is 75.2 Å². The molecule has 1 amide bonds. The standard InChI is InChI=1S/C24H31FN4O2/c1-27(2)20-10-13-29(15-20)19-7-5-18(6-8-19)26-24(30)17-4-9-23(22(25)14-17)31-21-11-12-28(3)16-21/h4-9,14,20-21H,10-13,15-16H2,1-3H3,(H,26,30). The minimum absolute atomic E-state index is 0.0127. The van der Waals surface area contributed by atoms with Crippen molar-refractivity contribution < 1.29 is 13.9 Å². The molecule has 2 aromatic carbocycles. The Kier molecular flexibility index (Phi) is 6.43. The predicted molar refractivity (Wildman–Crippen MR) is 122 cm³/mol. The van der Waals surface area contributed by atoms with Crippen LogP contribution in [0.5, 0.6) is 5.75 Å². The highest BCUT2D eigenvalue weighted by molar-refractivity contribution is 6.04. The fourth-order valence-corrected chi connectivity index (χ4v) is 4.26. The first-order valence-corrected chi connectivity index (χ1v) is 10.9. The monoisotopic (exact) mass is 426 g/mol. The molecule has 2 saturated heterocycles. The number of ether oxygens (including phenoxy) is 1. The molecule has 0 spiro atoms. The number of hydrogen-bond donors (Lipinski definition) is 1. The van der Waals surface area contributed by atoms with Gasteiger partial charge in [-0.25, -0.2) is 4.39 Å². The van der Waals surface area contributed by atoms with Gasteiger partial charge in [-0.05, 0) is 76.4 Å². The lowest BCUT2D eigenvalue weighted by atomic mass is 10.2. The lowest BCUT2D eigenvalue weighted by Gasteiger charge is -2.22. The summed E-state index contributed by atoms with van der Waals surface area (Å²) >= 11 is 0. The second-order valence-electron chi connectivity index (χ2n) is 8.79. The molecule has 0 saturated carbocycles. The zero-order valence-corrected chi connectivity index (χ0v) is 18.5. The SMILES string of the molecule is CN1CCC(Oc2ccc(C(=O)Nc3ccc(N4CCC(N(C)C)C4)cc3)cc2F)C1. The Bertz CT molecular complexity index is 918. The summed E-state index contributed by atoms with van der Waals surface area (Å²) in [5.41, 5.74) is 2.10. The Labute approximate surface area is 183 Å². The molecule has 2 aliphatic rings. The van der Waals surface area contributed by atoms with Crippen molar-refractivity contribution in [3.63, 3.8) is 0 Å². The molecule has 2 aromatic rings. The predicted octanol–water partition coefficient (Wildman–Crippen LogP) is 3.30. The number of amides is 1. The normalized spacial score (nSPS) is 21.6. The molecular formula is C24H31FN4O2. The number of nitrogens with zero attached hydrogens (tertiary/aromatic N) is 3. The van der Waals surface area contributed by atoms with E-state index in [1.165, 1.54) is 6.07 Å². The van der Waals surface area contributed by atoms with Gasteiger partial charge in [0.1, 0.15) is 6.10 Å². The Balaban J connectivity index is 1.35. The number of likely N-dealkylation sites (N-methyl/N-ethyl adjacent to an activating group) is 2. The summed E-state index contributed by atoms with van der Waals surface area (Å²) in [5.74, 6) is -0.655. The second kappa shape index (κ2) is 9.24. The smallest absolute Gasteiger partial charge is 0.255 e. The van der Waals surface area contributed by atoms with E-state index in [9.17, 15) is 9.18 Å². The van der Waals surface area contributed by atoms with Crippen LogP contribution in [0.4, 0.5) is 15.8 Å². The van der Waals surface area contributed by atoms with Crippen molar-refractivity contribution in [3.05, 3.63) is 53.8 Å². The molecule has 4 rings (SSSR count). The summed E-state index contributed by atoms with van der Waals surface area (Å²) < 4.78 is 20.2. The average molecular weight is 427 g/mol. The molecule has 0 bridgehead atoms. The van der Waals surface area contributed by atoms with E-state index in [0.29, 0.717) is 11.7 Å². The maximum Gasteiger partial charge on any atom is 0.255 e. The molecule has 2 atom stereocenters. The van der Waals surface area contributed by atoms with Gasteiger partial charge in [0.2, 0.25) is 0 Å². The molecule has 0 aromatic heterocycles. The van der Waals surface area contributed by atoms with Crippen molar-refractivity contribution in [2.45, 2.75) is 25.0 Å². The fraction of sp³-hybridized carbons (Fsp3) is 0.458. The van der Waals surface area contributed by atoms with Gasteiger partial charge in [0.05, 0.1) is 0 Å². The molecule has 0 aliphatic carbocycles. The number of benzene rings is 2. The number of carbonyl (C=O) groups excluding carboxylic acids is 1. The molecule has 2 fully saturated rings. The van der Waals surface area contributed by atoms with Gasteiger partial charge in [0.25, 0.3) is 5.91 Å². The lowest BCUT2D eigenvalue weighted by molar-refractivity contribution is 0.102. The van der Waals surface area contributed by atoms with Crippen LogP contribution in [0.15, 0.2) is 42.5 Å². The lowest BCUT2D eigenvalue weighted by Crippen LogP contribution is -2.31. The minimum Gasteiger partial charge on any atom is -0.486 e. The Morgan fingerprint density at radius 2 is 1.87 bits per heavy atom. The van der Waals surface area contributed by atoms with Gasteiger partial charge in [-0.15, -0.1) is 0 Å². The third-order valence-electron chi connectivity index (χ3n) is 6.22. The zero-order valence-electron chi connectivity index (χ0n) is 18.5. The maximum atomic E-state index is 14.5. The molecule has 31 heavy (non-hydrogen) atoms. The molecule has 2 unspecified atom stereocenters. The van der Waals surface area contributed by atoms with E-state index in [1.807, 2.05) is 31.3 Å². The largest absolute Gasteiger partial charge is 0.486 e. The van der Waals surface area contributed by atoms with E-state index in [2.05, 4.69) is 34.1 Å². The molecule has 0 radical (unpaired) electrons. The van der Waals surface area contributed by atoms with Gasteiger partial charge >= 0.3 is 0 Å². The molecule has 166 valence electrons. The van der Waals surface area contributed by atoms with E-state index in [4.69, 9.17) is 4.74 Å². The van der Waals surface area contributed by atoms with Gasteiger partial charge in [-0.1, -0.05) is 0 Å². The molecular weight excluding hydrogens is 395 g/mol. The van der Waals surface area contributed by atoms with E-state index >= 15 is 0 Å². The fourth-order valence-electron chi connectivity index (χ4n) is 4.26. The molecule has 1 N–H and O–H groups in total. The van der Waals surface area contributed by atoms with Crippen LogP contribution >= 0.6 is 0 Å². The highest BCUT2D eigenvalue weighted by Crippen LogP contribution is 2.25. The number of rotatable bonds is 6.